The standard InChI is InChI=1S/C21H25NO4/c1-3-14-22(15-13-20(23)25-2)21(24)18-9-11-19(12-10-18)26-16-17-7-5-4-6-8-17/h4-12H,3,13-16H2,1-2H3. The summed E-state index contributed by atoms with van der Waals surface area (Å²) in [4.78, 5) is 25.7. The summed E-state index contributed by atoms with van der Waals surface area (Å²) in [7, 11) is 1.35. The molecule has 5 nitrogen and oxygen atoms in total. The third kappa shape index (κ3) is 5.92. The summed E-state index contributed by atoms with van der Waals surface area (Å²) in [5.74, 6) is 0.302. The highest BCUT2D eigenvalue weighted by Crippen LogP contribution is 2.16. The zero-order valence-corrected chi connectivity index (χ0v) is 15.3. The van der Waals surface area contributed by atoms with Gasteiger partial charge in [0.05, 0.1) is 13.5 Å². The van der Waals surface area contributed by atoms with Crippen LogP contribution in [0.5, 0.6) is 5.75 Å². The third-order valence-corrected chi connectivity index (χ3v) is 3.94. The van der Waals surface area contributed by atoms with Gasteiger partial charge in [0.15, 0.2) is 0 Å². The summed E-state index contributed by atoms with van der Waals surface area (Å²) in [6, 6.07) is 17.0. The van der Waals surface area contributed by atoms with Crippen molar-refractivity contribution in [2.24, 2.45) is 0 Å². The Kier molecular flexibility index (Phi) is 7.68. The van der Waals surface area contributed by atoms with E-state index in [0.717, 1.165) is 12.0 Å². The van der Waals surface area contributed by atoms with Crippen LogP contribution in [-0.2, 0) is 16.1 Å². The van der Waals surface area contributed by atoms with Gasteiger partial charge < -0.3 is 14.4 Å². The maximum absolute atomic E-state index is 12.7. The Bertz CT molecular complexity index is 698. The van der Waals surface area contributed by atoms with Crippen LogP contribution in [0.15, 0.2) is 54.6 Å². The van der Waals surface area contributed by atoms with E-state index in [2.05, 4.69) is 4.74 Å². The molecule has 0 radical (unpaired) electrons. The van der Waals surface area contributed by atoms with E-state index in [0.29, 0.717) is 31.0 Å². The van der Waals surface area contributed by atoms with Crippen LogP contribution < -0.4 is 4.74 Å². The first-order chi connectivity index (χ1) is 12.6. The molecule has 5 heteroatoms. The second-order valence-corrected chi connectivity index (χ2v) is 5.92. The molecule has 0 unspecified atom stereocenters. The van der Waals surface area contributed by atoms with Gasteiger partial charge in [-0.1, -0.05) is 37.3 Å². The number of carbonyl (C=O) groups excluding carboxylic acids is 2. The number of nitrogens with zero attached hydrogens (tertiary/aromatic N) is 1. The zero-order chi connectivity index (χ0) is 18.8. The van der Waals surface area contributed by atoms with E-state index in [1.54, 1.807) is 29.2 Å². The van der Waals surface area contributed by atoms with Crippen LogP contribution in [-0.4, -0.2) is 37.0 Å². The Morgan fingerprint density at radius 1 is 0.962 bits per heavy atom. The highest BCUT2D eigenvalue weighted by molar-refractivity contribution is 5.94. The van der Waals surface area contributed by atoms with Crippen molar-refractivity contribution in [3.63, 3.8) is 0 Å². The van der Waals surface area contributed by atoms with Gasteiger partial charge in [0, 0.05) is 18.7 Å². The number of rotatable bonds is 9. The topological polar surface area (TPSA) is 55.8 Å². The van der Waals surface area contributed by atoms with Crippen molar-refractivity contribution in [1.82, 2.24) is 4.90 Å². The molecule has 0 N–H and O–H groups in total. The first-order valence-corrected chi connectivity index (χ1v) is 8.77. The van der Waals surface area contributed by atoms with Crippen molar-refractivity contribution >= 4 is 11.9 Å². The highest BCUT2D eigenvalue weighted by atomic mass is 16.5. The van der Waals surface area contributed by atoms with Gasteiger partial charge in [-0.15, -0.1) is 0 Å². The lowest BCUT2D eigenvalue weighted by Crippen LogP contribution is -2.33. The molecule has 0 aliphatic carbocycles. The molecule has 0 aromatic heterocycles. The van der Waals surface area contributed by atoms with E-state index < -0.39 is 0 Å². The smallest absolute Gasteiger partial charge is 0.307 e. The molecule has 0 atom stereocenters. The summed E-state index contributed by atoms with van der Waals surface area (Å²) in [6.45, 7) is 3.43. The lowest BCUT2D eigenvalue weighted by molar-refractivity contribution is -0.140. The number of methoxy groups -OCH3 is 1. The van der Waals surface area contributed by atoms with E-state index in [4.69, 9.17) is 4.74 Å². The van der Waals surface area contributed by atoms with Gasteiger partial charge in [-0.3, -0.25) is 9.59 Å². The number of ether oxygens (including phenoxy) is 2. The molecule has 0 spiro atoms. The van der Waals surface area contributed by atoms with E-state index in [9.17, 15) is 9.59 Å². The molecular formula is C21H25NO4. The summed E-state index contributed by atoms with van der Waals surface area (Å²) >= 11 is 0. The largest absolute Gasteiger partial charge is 0.489 e. The molecule has 0 heterocycles. The summed E-state index contributed by atoms with van der Waals surface area (Å²) < 4.78 is 10.4. The number of hydrogen-bond donors (Lipinski definition) is 0. The fourth-order valence-corrected chi connectivity index (χ4v) is 2.53. The summed E-state index contributed by atoms with van der Waals surface area (Å²) in [5, 5.41) is 0. The lowest BCUT2D eigenvalue weighted by atomic mass is 10.1. The molecule has 0 aliphatic rings. The number of esters is 1. The van der Waals surface area contributed by atoms with Gasteiger partial charge in [0.2, 0.25) is 0 Å². The molecule has 0 saturated carbocycles. The number of carbonyl (C=O) groups is 2. The monoisotopic (exact) mass is 355 g/mol. The van der Waals surface area contributed by atoms with Gasteiger partial charge in [0.25, 0.3) is 5.91 Å². The quantitative estimate of drug-likeness (QED) is 0.644. The molecule has 0 aliphatic heterocycles. The molecule has 0 saturated heterocycles. The van der Waals surface area contributed by atoms with Gasteiger partial charge in [-0.25, -0.2) is 0 Å². The van der Waals surface area contributed by atoms with Crippen LogP contribution in [0.1, 0.15) is 35.7 Å². The highest BCUT2D eigenvalue weighted by Gasteiger charge is 2.16. The molecule has 2 rings (SSSR count). The van der Waals surface area contributed by atoms with Crippen molar-refractivity contribution in [2.75, 3.05) is 20.2 Å². The summed E-state index contributed by atoms with van der Waals surface area (Å²) in [6.07, 6.45) is 1.02. The molecule has 1 amide bonds. The van der Waals surface area contributed by atoms with E-state index >= 15 is 0 Å². The molecule has 0 fully saturated rings. The predicted molar refractivity (Wildman–Crippen MR) is 100 cm³/mol. The Morgan fingerprint density at radius 2 is 1.65 bits per heavy atom. The van der Waals surface area contributed by atoms with Gasteiger partial charge in [-0.05, 0) is 36.2 Å². The van der Waals surface area contributed by atoms with Crippen molar-refractivity contribution < 1.29 is 19.1 Å². The normalized spacial score (nSPS) is 10.2. The second-order valence-electron chi connectivity index (χ2n) is 5.92. The van der Waals surface area contributed by atoms with E-state index in [-0.39, 0.29) is 18.3 Å². The number of benzene rings is 2. The van der Waals surface area contributed by atoms with Crippen molar-refractivity contribution in [2.45, 2.75) is 26.4 Å². The van der Waals surface area contributed by atoms with Crippen molar-refractivity contribution in [3.8, 4) is 5.75 Å². The van der Waals surface area contributed by atoms with Crippen LogP contribution in [0, 0.1) is 0 Å². The van der Waals surface area contributed by atoms with Crippen LogP contribution >= 0.6 is 0 Å². The van der Waals surface area contributed by atoms with Gasteiger partial charge >= 0.3 is 5.97 Å². The third-order valence-electron chi connectivity index (χ3n) is 3.94. The molecule has 0 bridgehead atoms. The van der Waals surface area contributed by atoms with Crippen LogP contribution in [0.3, 0.4) is 0 Å². The Labute approximate surface area is 154 Å². The Morgan fingerprint density at radius 3 is 2.27 bits per heavy atom. The lowest BCUT2D eigenvalue weighted by Gasteiger charge is -2.21. The summed E-state index contributed by atoms with van der Waals surface area (Å²) in [5.41, 5.74) is 1.67. The van der Waals surface area contributed by atoms with Crippen LogP contribution in [0.2, 0.25) is 0 Å². The van der Waals surface area contributed by atoms with Crippen LogP contribution in [0.25, 0.3) is 0 Å². The maximum Gasteiger partial charge on any atom is 0.307 e. The average Bonchev–Trinajstić information content (AvgIpc) is 2.70. The first-order valence-electron chi connectivity index (χ1n) is 8.77. The first kappa shape index (κ1) is 19.5. The predicted octanol–water partition coefficient (Wildman–Crippen LogP) is 3.68. The zero-order valence-electron chi connectivity index (χ0n) is 15.3. The minimum Gasteiger partial charge on any atom is -0.489 e. The fourth-order valence-electron chi connectivity index (χ4n) is 2.53. The van der Waals surface area contributed by atoms with E-state index in [1.165, 1.54) is 7.11 Å². The molecule has 2 aromatic rings. The number of hydrogen-bond acceptors (Lipinski definition) is 4. The minimum atomic E-state index is -0.316. The van der Waals surface area contributed by atoms with Crippen molar-refractivity contribution in [1.29, 1.82) is 0 Å². The molecular weight excluding hydrogens is 330 g/mol. The van der Waals surface area contributed by atoms with Gasteiger partial charge in [0.1, 0.15) is 12.4 Å². The van der Waals surface area contributed by atoms with Crippen molar-refractivity contribution in [3.05, 3.63) is 65.7 Å². The minimum absolute atomic E-state index is 0.0923. The van der Waals surface area contributed by atoms with Gasteiger partial charge in [-0.2, -0.15) is 0 Å². The Balaban J connectivity index is 1.95. The molecule has 26 heavy (non-hydrogen) atoms. The fraction of sp³-hybridized carbons (Fsp3) is 0.333. The van der Waals surface area contributed by atoms with Crippen LogP contribution in [0.4, 0.5) is 0 Å². The Hall–Kier alpha value is -2.82. The maximum atomic E-state index is 12.7. The second kappa shape index (κ2) is 10.2. The molecule has 2 aromatic carbocycles. The molecule has 138 valence electrons. The van der Waals surface area contributed by atoms with E-state index in [1.807, 2.05) is 37.3 Å². The SMILES string of the molecule is CCCN(CCC(=O)OC)C(=O)c1ccc(OCc2ccccc2)cc1. The average molecular weight is 355 g/mol. The number of amides is 1.